The summed E-state index contributed by atoms with van der Waals surface area (Å²) in [5.41, 5.74) is 8.38. The molecule has 2 aromatic heterocycles. The Labute approximate surface area is 178 Å². The lowest BCUT2D eigenvalue weighted by Gasteiger charge is -2.18. The molecule has 3 aromatic rings. The number of aliphatic hydroxyl groups is 1. The van der Waals surface area contributed by atoms with Gasteiger partial charge in [-0.1, -0.05) is 0 Å². The molecule has 0 atom stereocenters. The average Bonchev–Trinajstić information content (AvgIpc) is 3.04. The zero-order valence-corrected chi connectivity index (χ0v) is 18.6. The number of anilines is 3. The molecule has 2 heterocycles. The first-order valence-electron chi connectivity index (χ1n) is 9.12. The van der Waals surface area contributed by atoms with Gasteiger partial charge in [0.15, 0.2) is 17.0 Å². The van der Waals surface area contributed by atoms with Gasteiger partial charge in [0.25, 0.3) is 0 Å². The van der Waals surface area contributed by atoms with E-state index in [9.17, 15) is 5.11 Å². The van der Waals surface area contributed by atoms with Crippen LogP contribution in [-0.2, 0) is 6.54 Å². The Kier molecular flexibility index (Phi) is 5.94. The van der Waals surface area contributed by atoms with Gasteiger partial charge in [-0.05, 0) is 74.0 Å². The summed E-state index contributed by atoms with van der Waals surface area (Å²) >= 11 is 2.27. The molecule has 0 bridgehead atoms. The molecule has 0 saturated carbocycles. The molecule has 0 aliphatic heterocycles. The first-order valence-corrected chi connectivity index (χ1v) is 10.2. The summed E-state index contributed by atoms with van der Waals surface area (Å²) in [4.78, 5) is 13.7. The number of nitrogens with one attached hydrogen (secondary N) is 2. The van der Waals surface area contributed by atoms with Gasteiger partial charge in [-0.3, -0.25) is 0 Å². The maximum Gasteiger partial charge on any atom is 0.226 e. The zero-order valence-electron chi connectivity index (χ0n) is 16.5. The fourth-order valence-corrected chi connectivity index (χ4v) is 3.25. The van der Waals surface area contributed by atoms with Gasteiger partial charge in [0.2, 0.25) is 5.95 Å². The molecule has 3 rings (SSSR count). The van der Waals surface area contributed by atoms with Crippen molar-refractivity contribution in [3.05, 3.63) is 33.7 Å². The minimum atomic E-state index is -0.876. The molecule has 0 radical (unpaired) electrons. The van der Waals surface area contributed by atoms with Gasteiger partial charge in [0.05, 0.1) is 11.9 Å². The summed E-state index contributed by atoms with van der Waals surface area (Å²) in [6.07, 6.45) is 1.77. The highest BCUT2D eigenvalue weighted by atomic mass is 127. The highest BCUT2D eigenvalue weighted by Crippen LogP contribution is 2.25. The second kappa shape index (κ2) is 8.08. The second-order valence-electron chi connectivity index (χ2n) is 7.68. The number of rotatable bonds is 7. The van der Waals surface area contributed by atoms with E-state index in [0.717, 1.165) is 20.5 Å². The minimum absolute atomic E-state index is 0.209. The molecular weight excluding hydrogens is 469 g/mol. The molecule has 0 spiro atoms. The van der Waals surface area contributed by atoms with E-state index < -0.39 is 5.60 Å². The van der Waals surface area contributed by atoms with E-state index in [1.54, 1.807) is 20.2 Å². The SMILES string of the molecule is CC(C)n1cnc2c(NCc3cc(I)ccc3N)nc(NCC(C)(C)O)nc21. The Hall–Kier alpha value is -2.14. The van der Waals surface area contributed by atoms with Gasteiger partial charge in [0.1, 0.15) is 0 Å². The highest BCUT2D eigenvalue weighted by molar-refractivity contribution is 14.1. The lowest BCUT2D eigenvalue weighted by molar-refractivity contribution is 0.0943. The van der Waals surface area contributed by atoms with Crippen molar-refractivity contribution in [1.29, 1.82) is 0 Å². The van der Waals surface area contributed by atoms with Crippen LogP contribution >= 0.6 is 22.6 Å². The number of fused-ring (bicyclic) bond motifs is 1. The first kappa shape index (κ1) is 20.6. The summed E-state index contributed by atoms with van der Waals surface area (Å²) in [7, 11) is 0. The fourth-order valence-electron chi connectivity index (χ4n) is 2.70. The van der Waals surface area contributed by atoms with Gasteiger partial charge in [-0.2, -0.15) is 9.97 Å². The number of aromatic nitrogens is 4. The van der Waals surface area contributed by atoms with Crippen LogP contribution in [0.5, 0.6) is 0 Å². The van der Waals surface area contributed by atoms with Gasteiger partial charge >= 0.3 is 0 Å². The van der Waals surface area contributed by atoms with Crippen molar-refractivity contribution >= 4 is 51.2 Å². The smallest absolute Gasteiger partial charge is 0.226 e. The van der Waals surface area contributed by atoms with Crippen LogP contribution < -0.4 is 16.4 Å². The Morgan fingerprint density at radius 1 is 1.25 bits per heavy atom. The van der Waals surface area contributed by atoms with E-state index in [0.29, 0.717) is 30.4 Å². The number of nitrogens with zero attached hydrogens (tertiary/aromatic N) is 4. The van der Waals surface area contributed by atoms with Gasteiger partial charge in [-0.15, -0.1) is 0 Å². The van der Waals surface area contributed by atoms with Crippen LogP contribution in [0.2, 0.25) is 0 Å². The lowest BCUT2D eigenvalue weighted by Crippen LogP contribution is -2.30. The number of nitrogen functional groups attached to an aromatic ring is 1. The van der Waals surface area contributed by atoms with E-state index >= 15 is 0 Å². The summed E-state index contributed by atoms with van der Waals surface area (Å²) in [5, 5.41) is 16.5. The first-order chi connectivity index (χ1) is 13.1. The van der Waals surface area contributed by atoms with E-state index in [1.165, 1.54) is 0 Å². The number of hydrogen-bond donors (Lipinski definition) is 4. The predicted molar refractivity (Wildman–Crippen MR) is 121 cm³/mol. The highest BCUT2D eigenvalue weighted by Gasteiger charge is 2.17. The Morgan fingerprint density at radius 3 is 2.68 bits per heavy atom. The normalized spacial score (nSPS) is 12.0. The van der Waals surface area contributed by atoms with Crippen LogP contribution in [0.25, 0.3) is 11.2 Å². The van der Waals surface area contributed by atoms with Crippen LogP contribution in [0, 0.1) is 3.57 Å². The van der Waals surface area contributed by atoms with Crippen LogP contribution in [0.4, 0.5) is 17.5 Å². The standard InChI is InChI=1S/C19H26IN7O/c1-11(2)27-10-24-15-16(22-8-12-7-13(20)5-6-14(12)21)25-18(26-17(15)27)23-9-19(3,4)28/h5-7,10-11,28H,8-9,21H2,1-4H3,(H2,22,23,25,26). The molecule has 150 valence electrons. The topological polar surface area (TPSA) is 114 Å². The van der Waals surface area contributed by atoms with Gasteiger partial charge < -0.3 is 26.0 Å². The van der Waals surface area contributed by atoms with Crippen molar-refractivity contribution < 1.29 is 5.11 Å². The molecule has 0 fully saturated rings. The minimum Gasteiger partial charge on any atom is -0.398 e. The van der Waals surface area contributed by atoms with Crippen molar-refractivity contribution in [3.8, 4) is 0 Å². The maximum absolute atomic E-state index is 10.0. The molecule has 5 N–H and O–H groups in total. The van der Waals surface area contributed by atoms with E-state index in [1.807, 2.05) is 22.8 Å². The quantitative estimate of drug-likeness (QED) is 0.294. The van der Waals surface area contributed by atoms with Gasteiger partial charge in [0, 0.05) is 28.4 Å². The maximum atomic E-state index is 10.0. The van der Waals surface area contributed by atoms with Crippen molar-refractivity contribution in [3.63, 3.8) is 0 Å². The molecule has 0 unspecified atom stereocenters. The molecular formula is C19H26IN7O. The van der Waals surface area contributed by atoms with Crippen LogP contribution in [0.15, 0.2) is 24.5 Å². The third-order valence-electron chi connectivity index (χ3n) is 4.21. The summed E-state index contributed by atoms with van der Waals surface area (Å²) in [5.74, 6) is 1.07. The monoisotopic (exact) mass is 495 g/mol. The molecule has 8 nitrogen and oxygen atoms in total. The predicted octanol–water partition coefficient (Wildman–Crippen LogP) is 3.39. The Morgan fingerprint density at radius 2 is 2.00 bits per heavy atom. The molecule has 0 aliphatic carbocycles. The molecule has 0 aliphatic rings. The molecule has 0 saturated heterocycles. The van der Waals surface area contributed by atoms with Crippen LogP contribution in [-0.4, -0.2) is 36.8 Å². The second-order valence-corrected chi connectivity index (χ2v) is 8.92. The van der Waals surface area contributed by atoms with Crippen molar-refractivity contribution in [1.82, 2.24) is 19.5 Å². The van der Waals surface area contributed by atoms with E-state index in [-0.39, 0.29) is 6.04 Å². The third-order valence-corrected chi connectivity index (χ3v) is 4.88. The Bertz CT molecular complexity index is 978. The van der Waals surface area contributed by atoms with Crippen molar-refractivity contribution in [2.24, 2.45) is 0 Å². The average molecular weight is 495 g/mol. The molecule has 28 heavy (non-hydrogen) atoms. The van der Waals surface area contributed by atoms with Gasteiger partial charge in [-0.25, -0.2) is 4.98 Å². The van der Waals surface area contributed by atoms with E-state index in [2.05, 4.69) is 62.0 Å². The zero-order chi connectivity index (χ0) is 20.5. The number of benzene rings is 1. The number of imidazole rings is 1. The molecule has 9 heteroatoms. The number of nitrogens with two attached hydrogens (primary N) is 1. The third kappa shape index (κ3) is 4.82. The van der Waals surface area contributed by atoms with Crippen molar-refractivity contribution in [2.45, 2.75) is 45.9 Å². The summed E-state index contributed by atoms with van der Waals surface area (Å²) in [6, 6.07) is 6.13. The van der Waals surface area contributed by atoms with Crippen LogP contribution in [0.3, 0.4) is 0 Å². The Balaban J connectivity index is 1.95. The fraction of sp³-hybridized carbons (Fsp3) is 0.421. The number of hydrogen-bond acceptors (Lipinski definition) is 7. The van der Waals surface area contributed by atoms with Crippen molar-refractivity contribution in [2.75, 3.05) is 22.9 Å². The number of halogens is 1. The largest absolute Gasteiger partial charge is 0.398 e. The van der Waals surface area contributed by atoms with E-state index in [4.69, 9.17) is 5.73 Å². The molecule has 0 amide bonds. The molecule has 1 aromatic carbocycles. The van der Waals surface area contributed by atoms with Crippen LogP contribution in [0.1, 0.15) is 39.3 Å². The lowest BCUT2D eigenvalue weighted by atomic mass is 10.1. The summed E-state index contributed by atoms with van der Waals surface area (Å²) in [6.45, 7) is 8.47. The summed E-state index contributed by atoms with van der Waals surface area (Å²) < 4.78 is 3.12.